The molecular formula is C18H35FO. The number of hydrogen-bond acceptors (Lipinski definition) is 1. The lowest BCUT2D eigenvalue weighted by atomic mass is 10.2. The highest BCUT2D eigenvalue weighted by Crippen LogP contribution is 1.96. The summed E-state index contributed by atoms with van der Waals surface area (Å²) in [6.45, 7) is 12.9. The SMILES string of the molecule is CC.CCCC.CCOCC[18F].CCc1ccccc1. The lowest BCUT2D eigenvalue weighted by molar-refractivity contribution is 0.131. The summed E-state index contributed by atoms with van der Waals surface area (Å²) in [4.78, 5) is 0. The fourth-order valence-corrected chi connectivity index (χ4v) is 0.913. The van der Waals surface area contributed by atoms with Crippen molar-refractivity contribution >= 4 is 0 Å². The van der Waals surface area contributed by atoms with E-state index >= 15 is 0 Å². The minimum Gasteiger partial charge on any atom is -0.379 e. The van der Waals surface area contributed by atoms with Gasteiger partial charge in [0.25, 0.3) is 0 Å². The second-order valence-corrected chi connectivity index (χ2v) is 3.73. The number of alkyl halides is 1. The fraction of sp³-hybridized carbons (Fsp3) is 0.667. The highest BCUT2D eigenvalue weighted by molar-refractivity contribution is 5.13. The maximum absolute atomic E-state index is 11.1. The van der Waals surface area contributed by atoms with Crippen molar-refractivity contribution in [1.29, 1.82) is 0 Å². The van der Waals surface area contributed by atoms with Crippen LogP contribution in [0, 0.1) is 0 Å². The number of halogens is 1. The van der Waals surface area contributed by atoms with E-state index in [0.717, 1.165) is 6.42 Å². The molecule has 0 radical (unpaired) electrons. The first-order valence-corrected chi connectivity index (χ1v) is 7.94. The van der Waals surface area contributed by atoms with Crippen LogP contribution in [-0.2, 0) is 11.2 Å². The fourth-order valence-electron chi connectivity index (χ4n) is 0.913. The Morgan fingerprint density at radius 3 is 1.60 bits per heavy atom. The molecule has 1 aromatic carbocycles. The van der Waals surface area contributed by atoms with Crippen molar-refractivity contribution in [3.63, 3.8) is 0 Å². The van der Waals surface area contributed by atoms with Crippen LogP contribution in [0.25, 0.3) is 0 Å². The van der Waals surface area contributed by atoms with Crippen LogP contribution in [0.2, 0.25) is 0 Å². The summed E-state index contributed by atoms with van der Waals surface area (Å²) < 4.78 is 15.7. The molecule has 2 heteroatoms. The Balaban J connectivity index is -0.000000215. The molecule has 1 nitrogen and oxygen atoms in total. The van der Waals surface area contributed by atoms with Crippen LogP contribution >= 0.6 is 0 Å². The van der Waals surface area contributed by atoms with E-state index < -0.39 is 0 Å². The summed E-state index contributed by atoms with van der Waals surface area (Å²) in [6, 6.07) is 10.5. The molecule has 0 atom stereocenters. The van der Waals surface area contributed by atoms with Crippen LogP contribution in [-0.4, -0.2) is 19.9 Å². The largest absolute Gasteiger partial charge is 0.379 e. The molecule has 0 unspecified atom stereocenters. The van der Waals surface area contributed by atoms with E-state index in [1.54, 1.807) is 0 Å². The molecule has 0 bridgehead atoms. The van der Waals surface area contributed by atoms with Gasteiger partial charge < -0.3 is 4.74 Å². The van der Waals surface area contributed by atoms with Gasteiger partial charge in [-0.2, -0.15) is 0 Å². The van der Waals surface area contributed by atoms with Crippen LogP contribution in [0.3, 0.4) is 0 Å². The number of rotatable bonds is 5. The molecule has 20 heavy (non-hydrogen) atoms. The molecule has 0 aliphatic heterocycles. The van der Waals surface area contributed by atoms with Gasteiger partial charge in [0.2, 0.25) is 0 Å². The second kappa shape index (κ2) is 26.6. The van der Waals surface area contributed by atoms with Gasteiger partial charge >= 0.3 is 0 Å². The lowest BCUT2D eigenvalue weighted by Crippen LogP contribution is -1.93. The Kier molecular flexibility index (Phi) is 32.2. The summed E-state index contributed by atoms with van der Waals surface area (Å²) in [7, 11) is 0. The molecule has 0 N–H and O–H groups in total. The highest BCUT2D eigenvalue weighted by Gasteiger charge is 1.80. The molecule has 0 saturated heterocycles. The second-order valence-electron chi connectivity index (χ2n) is 3.73. The topological polar surface area (TPSA) is 9.23 Å². The van der Waals surface area contributed by atoms with E-state index in [9.17, 15) is 4.39 Å². The smallest absolute Gasteiger partial charge is 0.113 e. The zero-order valence-corrected chi connectivity index (χ0v) is 14.4. The van der Waals surface area contributed by atoms with Gasteiger partial charge in [-0.3, -0.25) is 0 Å². The van der Waals surface area contributed by atoms with Gasteiger partial charge in [-0.25, -0.2) is 4.39 Å². The van der Waals surface area contributed by atoms with Crippen molar-refractivity contribution in [2.45, 2.75) is 60.8 Å². The zero-order chi connectivity index (χ0) is 16.1. The number of hydrogen-bond donors (Lipinski definition) is 0. The quantitative estimate of drug-likeness (QED) is 0.596. The summed E-state index contributed by atoms with van der Waals surface area (Å²) in [6.07, 6.45) is 3.78. The molecule has 0 spiro atoms. The number of ether oxygens (including phenoxy) is 1. The van der Waals surface area contributed by atoms with Crippen LogP contribution in [0.1, 0.15) is 59.9 Å². The summed E-state index contributed by atoms with van der Waals surface area (Å²) in [5.41, 5.74) is 1.41. The molecular weight excluding hydrogens is 250 g/mol. The maximum Gasteiger partial charge on any atom is 0.113 e. The third-order valence-electron chi connectivity index (χ3n) is 2.18. The maximum atomic E-state index is 11.1. The van der Waals surface area contributed by atoms with Gasteiger partial charge in [0, 0.05) is 6.61 Å². The molecule has 0 heterocycles. The van der Waals surface area contributed by atoms with Gasteiger partial charge in [-0.15, -0.1) is 0 Å². The average Bonchev–Trinajstić information content (AvgIpc) is 2.56. The number of aryl methyl sites for hydroxylation is 1. The Bertz CT molecular complexity index is 218. The minimum atomic E-state index is -0.367. The first kappa shape index (κ1) is 24.1. The normalized spacial score (nSPS) is 8.15. The molecule has 0 amide bonds. The van der Waals surface area contributed by atoms with E-state index in [1.165, 1.54) is 18.4 Å². The number of benzene rings is 1. The molecule has 0 aliphatic rings. The van der Waals surface area contributed by atoms with Gasteiger partial charge in [-0.1, -0.05) is 77.8 Å². The first-order valence-electron chi connectivity index (χ1n) is 7.94. The molecule has 1 rings (SSSR count). The predicted octanol–water partition coefficient (Wildman–Crippen LogP) is 6.07. The standard InChI is InChI=1S/C8H10.C4H9FO.C4H10.C2H6/c1-2-8-6-4-3-5-7-8;1-2-6-4-3-5;1-3-4-2;1-2/h3-7H,2H2,1H3;2-4H2,1H3;3-4H2,1-2H3;1-2H3/i;5-1;;. The van der Waals surface area contributed by atoms with E-state index in [1.807, 2.05) is 26.8 Å². The van der Waals surface area contributed by atoms with Crippen molar-refractivity contribution in [3.8, 4) is 0 Å². The van der Waals surface area contributed by atoms with Crippen molar-refractivity contribution < 1.29 is 9.13 Å². The van der Waals surface area contributed by atoms with Gasteiger partial charge in [0.05, 0.1) is 6.61 Å². The van der Waals surface area contributed by atoms with Gasteiger partial charge in [0.15, 0.2) is 0 Å². The Morgan fingerprint density at radius 1 is 0.900 bits per heavy atom. The lowest BCUT2D eigenvalue weighted by Gasteiger charge is -1.89. The third kappa shape index (κ3) is 25.8. The van der Waals surface area contributed by atoms with E-state index in [0.29, 0.717) is 6.61 Å². The third-order valence-corrected chi connectivity index (χ3v) is 2.18. The minimum absolute atomic E-state index is 0.247. The Labute approximate surface area is 126 Å². The van der Waals surface area contributed by atoms with Crippen LogP contribution < -0.4 is 0 Å². The molecule has 0 fully saturated rings. The first-order chi connectivity index (χ1) is 9.76. The van der Waals surface area contributed by atoms with Crippen molar-refractivity contribution in [2.75, 3.05) is 19.9 Å². The van der Waals surface area contributed by atoms with Crippen LogP contribution in [0.15, 0.2) is 30.3 Å². The molecule has 0 aliphatic carbocycles. The molecule has 120 valence electrons. The van der Waals surface area contributed by atoms with Crippen molar-refractivity contribution in [1.82, 2.24) is 0 Å². The van der Waals surface area contributed by atoms with Crippen molar-refractivity contribution in [2.24, 2.45) is 0 Å². The zero-order valence-electron chi connectivity index (χ0n) is 14.4. The van der Waals surface area contributed by atoms with E-state index in [4.69, 9.17) is 0 Å². The van der Waals surface area contributed by atoms with Gasteiger partial charge in [0.1, 0.15) is 6.67 Å². The molecule has 0 aromatic heterocycles. The summed E-state index contributed by atoms with van der Waals surface area (Å²) in [5.74, 6) is 0. The predicted molar refractivity (Wildman–Crippen MR) is 90.2 cm³/mol. The van der Waals surface area contributed by atoms with E-state index in [2.05, 4.69) is 49.8 Å². The van der Waals surface area contributed by atoms with Crippen LogP contribution in [0.4, 0.5) is 4.39 Å². The average molecular weight is 285 g/mol. The highest BCUT2D eigenvalue weighted by atomic mass is 18.2. The summed E-state index contributed by atoms with van der Waals surface area (Å²) in [5, 5.41) is 0. The molecule has 1 aromatic rings. The number of unbranched alkanes of at least 4 members (excludes halogenated alkanes) is 1. The van der Waals surface area contributed by atoms with E-state index in [-0.39, 0.29) is 13.3 Å². The summed E-state index contributed by atoms with van der Waals surface area (Å²) >= 11 is 0. The Morgan fingerprint density at radius 2 is 1.40 bits per heavy atom. The van der Waals surface area contributed by atoms with Gasteiger partial charge in [-0.05, 0) is 18.9 Å². The van der Waals surface area contributed by atoms with Crippen LogP contribution in [0.5, 0.6) is 0 Å². The Hall–Kier alpha value is -0.890. The molecule has 0 saturated carbocycles. The monoisotopic (exact) mass is 285 g/mol. The van der Waals surface area contributed by atoms with Crippen molar-refractivity contribution in [3.05, 3.63) is 35.9 Å².